The summed E-state index contributed by atoms with van der Waals surface area (Å²) in [7, 11) is 0. The van der Waals surface area contributed by atoms with Crippen LogP contribution in [0.4, 0.5) is 0 Å². The van der Waals surface area contributed by atoms with Crippen LogP contribution in [0.15, 0.2) is 164 Å². The molecule has 0 bridgehead atoms. The maximum absolute atomic E-state index is 14.0. The van der Waals surface area contributed by atoms with Gasteiger partial charge in [-0.25, -0.2) is 0 Å². The summed E-state index contributed by atoms with van der Waals surface area (Å²) < 4.78 is 5.60. The number of ether oxygens (including phenoxy) is 1. The van der Waals surface area contributed by atoms with E-state index in [0.717, 1.165) is 44.5 Å². The number of aliphatic hydroxyl groups is 2. The van der Waals surface area contributed by atoms with E-state index in [2.05, 4.69) is 113 Å². The van der Waals surface area contributed by atoms with Crippen LogP contribution in [0.2, 0.25) is 0 Å². The Balaban J connectivity index is 1.18. The monoisotopic (exact) mass is 832 g/mol. The van der Waals surface area contributed by atoms with Crippen molar-refractivity contribution in [1.29, 1.82) is 0 Å². The summed E-state index contributed by atoms with van der Waals surface area (Å²) in [5, 5.41) is 34.9. The third kappa shape index (κ3) is 12.6. The molecule has 0 radical (unpaired) electrons. The van der Waals surface area contributed by atoms with Crippen molar-refractivity contribution < 1.29 is 24.5 Å². The SMILES string of the molecule is Cc1ccc(C(NCc2cccc(CNC(=O)[C@H](CC(=O)OC(C)(C)C)N[C@@H](O)[C@H](Cc3ccc(-c4ccccc4)cc3)N[C@@H](C)O)c2)(c2ccccc2)c2ccccc2)cc1. The number of nitrogens with one attached hydrogen (secondary N) is 4. The Hall–Kier alpha value is -5.94. The van der Waals surface area contributed by atoms with Gasteiger partial charge in [-0.15, -0.1) is 0 Å². The van der Waals surface area contributed by atoms with Crippen LogP contribution in [0, 0.1) is 6.92 Å². The van der Waals surface area contributed by atoms with Gasteiger partial charge < -0.3 is 20.3 Å². The Labute approximate surface area is 366 Å². The third-order valence-electron chi connectivity index (χ3n) is 10.7. The highest BCUT2D eigenvalue weighted by molar-refractivity contribution is 5.86. The Morgan fingerprint density at radius 3 is 1.71 bits per heavy atom. The number of hydrogen-bond donors (Lipinski definition) is 6. The molecule has 6 aromatic carbocycles. The van der Waals surface area contributed by atoms with Gasteiger partial charge in [0.1, 0.15) is 18.1 Å². The van der Waals surface area contributed by atoms with E-state index in [9.17, 15) is 19.8 Å². The van der Waals surface area contributed by atoms with Crippen LogP contribution in [0.25, 0.3) is 11.1 Å². The summed E-state index contributed by atoms with van der Waals surface area (Å²) >= 11 is 0. The number of benzene rings is 6. The first-order valence-electron chi connectivity index (χ1n) is 21.3. The molecule has 0 aliphatic carbocycles. The van der Waals surface area contributed by atoms with Gasteiger partial charge in [0.2, 0.25) is 5.91 Å². The number of aryl methyl sites for hydroxylation is 1. The quantitative estimate of drug-likeness (QED) is 0.0276. The first kappa shape index (κ1) is 45.6. The zero-order valence-electron chi connectivity index (χ0n) is 36.3. The summed E-state index contributed by atoms with van der Waals surface area (Å²) in [5.74, 6) is -1.07. The maximum Gasteiger partial charge on any atom is 0.308 e. The Bertz CT molecular complexity index is 2270. The minimum atomic E-state index is -1.32. The zero-order valence-corrected chi connectivity index (χ0v) is 36.3. The normalized spacial score (nSPS) is 13.7. The highest BCUT2D eigenvalue weighted by Gasteiger charge is 2.36. The number of carbonyl (C=O) groups excluding carboxylic acids is 2. The molecule has 0 saturated heterocycles. The van der Waals surface area contributed by atoms with E-state index in [1.807, 2.05) is 78.9 Å². The fourth-order valence-electron chi connectivity index (χ4n) is 7.77. The molecule has 0 unspecified atom stereocenters. The van der Waals surface area contributed by atoms with E-state index in [1.54, 1.807) is 27.7 Å². The zero-order chi connectivity index (χ0) is 44.1. The molecule has 0 aliphatic heterocycles. The van der Waals surface area contributed by atoms with Gasteiger partial charge in [-0.05, 0) is 85.5 Å². The molecule has 6 aromatic rings. The van der Waals surface area contributed by atoms with Crippen LogP contribution in [0.5, 0.6) is 0 Å². The molecule has 322 valence electrons. The van der Waals surface area contributed by atoms with Crippen molar-refractivity contribution in [3.63, 3.8) is 0 Å². The second-order valence-electron chi connectivity index (χ2n) is 16.9. The summed E-state index contributed by atoms with van der Waals surface area (Å²) in [5.41, 5.74) is 8.01. The molecule has 62 heavy (non-hydrogen) atoms. The fraction of sp³-hybridized carbons (Fsp3) is 0.283. The van der Waals surface area contributed by atoms with Crippen molar-refractivity contribution in [2.75, 3.05) is 0 Å². The molecule has 9 nitrogen and oxygen atoms in total. The molecular weight excluding hydrogens is 773 g/mol. The van der Waals surface area contributed by atoms with Crippen LogP contribution < -0.4 is 21.3 Å². The van der Waals surface area contributed by atoms with E-state index in [0.29, 0.717) is 13.0 Å². The maximum atomic E-state index is 14.0. The van der Waals surface area contributed by atoms with Crippen molar-refractivity contribution in [3.05, 3.63) is 203 Å². The molecule has 0 saturated carbocycles. The summed E-state index contributed by atoms with van der Waals surface area (Å²) in [6.07, 6.45) is -2.27. The van der Waals surface area contributed by atoms with Gasteiger partial charge in [-0.3, -0.25) is 25.5 Å². The van der Waals surface area contributed by atoms with E-state index in [1.165, 1.54) is 5.56 Å². The van der Waals surface area contributed by atoms with Crippen LogP contribution >= 0.6 is 0 Å². The molecule has 0 fully saturated rings. The number of rotatable bonds is 19. The minimum Gasteiger partial charge on any atom is -0.460 e. The Morgan fingerprint density at radius 1 is 0.613 bits per heavy atom. The molecular formula is C53H60N4O5. The lowest BCUT2D eigenvalue weighted by atomic mass is 9.76. The van der Waals surface area contributed by atoms with Gasteiger partial charge in [0.25, 0.3) is 0 Å². The average molecular weight is 833 g/mol. The average Bonchev–Trinajstić information content (AvgIpc) is 3.26. The highest BCUT2D eigenvalue weighted by Crippen LogP contribution is 2.37. The number of carbonyl (C=O) groups is 2. The van der Waals surface area contributed by atoms with Gasteiger partial charge in [0, 0.05) is 13.1 Å². The van der Waals surface area contributed by atoms with E-state index >= 15 is 0 Å². The van der Waals surface area contributed by atoms with E-state index in [-0.39, 0.29) is 13.0 Å². The fourth-order valence-corrected chi connectivity index (χ4v) is 7.77. The summed E-state index contributed by atoms with van der Waals surface area (Å²) in [4.78, 5) is 27.1. The molecule has 9 heteroatoms. The predicted octanol–water partition coefficient (Wildman–Crippen LogP) is 7.91. The third-order valence-corrected chi connectivity index (χ3v) is 10.7. The summed E-state index contributed by atoms with van der Waals surface area (Å²) in [6.45, 7) is 9.64. The minimum absolute atomic E-state index is 0.179. The van der Waals surface area contributed by atoms with Crippen LogP contribution in [-0.4, -0.2) is 52.2 Å². The topological polar surface area (TPSA) is 132 Å². The van der Waals surface area contributed by atoms with Crippen LogP contribution in [0.3, 0.4) is 0 Å². The number of amides is 1. The second kappa shape index (κ2) is 21.2. The number of hydrogen-bond acceptors (Lipinski definition) is 8. The molecule has 6 rings (SSSR count). The smallest absolute Gasteiger partial charge is 0.308 e. The molecule has 1 amide bonds. The standard InChI is InChI=1S/C53H60N4O5/c1-37-24-30-46(31-25-37)53(44-20-11-7-12-21-44,45-22-13-8-14-23-45)55-36-41-17-15-16-40(32-41)35-54-50(60)48(34-49(59)62-52(3,4)5)57-51(61)47(56-38(2)58)33-39-26-28-43(29-27-39)42-18-9-6-10-19-42/h6-32,38,47-48,51,55-58,61H,33-36H2,1-5H3,(H,54,60)/t38-,47+,48+,51+/m1/s1. The van der Waals surface area contributed by atoms with Gasteiger partial charge in [-0.2, -0.15) is 0 Å². The number of aliphatic hydroxyl groups excluding tert-OH is 2. The van der Waals surface area contributed by atoms with Gasteiger partial charge in [0.05, 0.1) is 24.0 Å². The lowest BCUT2D eigenvalue weighted by molar-refractivity contribution is -0.156. The van der Waals surface area contributed by atoms with Gasteiger partial charge in [0.15, 0.2) is 0 Å². The lowest BCUT2D eigenvalue weighted by Gasteiger charge is -2.37. The molecule has 0 aliphatic rings. The van der Waals surface area contributed by atoms with Crippen molar-refractivity contribution in [3.8, 4) is 11.1 Å². The highest BCUT2D eigenvalue weighted by atomic mass is 16.6. The first-order chi connectivity index (χ1) is 29.8. The Kier molecular flexibility index (Phi) is 15.6. The molecule has 0 heterocycles. The van der Waals surface area contributed by atoms with Crippen molar-refractivity contribution >= 4 is 11.9 Å². The molecule has 0 spiro atoms. The van der Waals surface area contributed by atoms with Crippen molar-refractivity contribution in [2.24, 2.45) is 0 Å². The predicted molar refractivity (Wildman–Crippen MR) is 247 cm³/mol. The summed E-state index contributed by atoms with van der Waals surface area (Å²) in [6, 6.07) is 53.7. The molecule has 4 atom stereocenters. The van der Waals surface area contributed by atoms with E-state index < -0.39 is 47.6 Å². The Morgan fingerprint density at radius 2 is 1.15 bits per heavy atom. The van der Waals surface area contributed by atoms with Crippen molar-refractivity contribution in [2.45, 2.75) is 96.2 Å². The first-order valence-corrected chi connectivity index (χ1v) is 21.3. The van der Waals surface area contributed by atoms with Crippen LogP contribution in [0.1, 0.15) is 73.1 Å². The van der Waals surface area contributed by atoms with Crippen LogP contribution in [-0.2, 0) is 39.4 Å². The van der Waals surface area contributed by atoms with Crippen molar-refractivity contribution in [1.82, 2.24) is 21.3 Å². The van der Waals surface area contributed by atoms with Gasteiger partial charge >= 0.3 is 5.97 Å². The van der Waals surface area contributed by atoms with E-state index in [4.69, 9.17) is 4.74 Å². The molecule has 6 N–H and O–H groups in total. The second-order valence-corrected chi connectivity index (χ2v) is 16.9. The molecule has 0 aromatic heterocycles. The number of esters is 1. The van der Waals surface area contributed by atoms with Gasteiger partial charge in [-0.1, -0.05) is 169 Å². The lowest BCUT2D eigenvalue weighted by Crippen LogP contribution is -2.57. The largest absolute Gasteiger partial charge is 0.460 e.